The number of aromatic nitrogens is 2. The number of phenolic OH excluding ortho intramolecular Hbond substituents is 1. The van der Waals surface area contributed by atoms with Gasteiger partial charge in [0, 0.05) is 10.0 Å². The number of nitrogens with zero attached hydrogens (tertiary/aromatic N) is 2. The van der Waals surface area contributed by atoms with Crippen LogP contribution < -0.4 is 10.5 Å². The Hall–Kier alpha value is -1.60. The van der Waals surface area contributed by atoms with E-state index in [4.69, 9.17) is 15.0 Å². The maximum Gasteiger partial charge on any atom is 0.240 e. The van der Waals surface area contributed by atoms with Crippen LogP contribution in [0.3, 0.4) is 0 Å². The van der Waals surface area contributed by atoms with Gasteiger partial charge in [0.25, 0.3) is 0 Å². The standard InChI is InChI=1S/C12H14BrN3O3/c1-5-8(12-15-7(4-14)19-16-12)10(17)11(18-3)6(2)9(5)13/h17H,4,14H2,1-3H3. The first-order valence-electron chi connectivity index (χ1n) is 5.59. The Morgan fingerprint density at radius 2 is 2.05 bits per heavy atom. The van der Waals surface area contributed by atoms with Crippen LogP contribution in [0.4, 0.5) is 0 Å². The van der Waals surface area contributed by atoms with Crippen LogP contribution in [0.25, 0.3) is 11.4 Å². The Morgan fingerprint density at radius 1 is 1.37 bits per heavy atom. The summed E-state index contributed by atoms with van der Waals surface area (Å²) in [6.07, 6.45) is 0. The van der Waals surface area contributed by atoms with Crippen LogP contribution in [0, 0.1) is 13.8 Å². The van der Waals surface area contributed by atoms with E-state index in [1.54, 1.807) is 0 Å². The van der Waals surface area contributed by atoms with Crippen molar-refractivity contribution < 1.29 is 14.4 Å². The number of methoxy groups -OCH3 is 1. The lowest BCUT2D eigenvalue weighted by Gasteiger charge is -2.15. The molecule has 6 nitrogen and oxygen atoms in total. The first kappa shape index (κ1) is 13.8. The average Bonchev–Trinajstić information content (AvgIpc) is 2.86. The van der Waals surface area contributed by atoms with E-state index in [0.29, 0.717) is 17.2 Å². The number of nitrogens with two attached hydrogens (primary N) is 1. The predicted octanol–water partition coefficient (Wildman–Crippen LogP) is 2.29. The molecule has 0 atom stereocenters. The Bertz CT molecular complexity index is 625. The third kappa shape index (κ3) is 2.19. The highest BCUT2D eigenvalue weighted by atomic mass is 79.9. The lowest BCUT2D eigenvalue weighted by molar-refractivity contribution is 0.369. The van der Waals surface area contributed by atoms with Crippen molar-refractivity contribution in [3.05, 3.63) is 21.5 Å². The van der Waals surface area contributed by atoms with Gasteiger partial charge >= 0.3 is 0 Å². The van der Waals surface area contributed by atoms with Gasteiger partial charge < -0.3 is 20.1 Å². The molecule has 0 spiro atoms. The second-order valence-corrected chi connectivity index (χ2v) is 4.83. The molecular weight excluding hydrogens is 314 g/mol. The van der Waals surface area contributed by atoms with Crippen LogP contribution in [0.15, 0.2) is 9.00 Å². The maximum absolute atomic E-state index is 10.3. The molecule has 1 heterocycles. The van der Waals surface area contributed by atoms with E-state index in [9.17, 15) is 5.11 Å². The summed E-state index contributed by atoms with van der Waals surface area (Å²) in [7, 11) is 1.50. The molecule has 0 aliphatic rings. The molecule has 19 heavy (non-hydrogen) atoms. The van der Waals surface area contributed by atoms with Crippen molar-refractivity contribution in [3.63, 3.8) is 0 Å². The van der Waals surface area contributed by atoms with Gasteiger partial charge in [0.05, 0.1) is 19.2 Å². The second kappa shape index (κ2) is 5.18. The fourth-order valence-electron chi connectivity index (χ4n) is 1.92. The zero-order valence-corrected chi connectivity index (χ0v) is 12.4. The molecule has 2 aromatic rings. The lowest BCUT2D eigenvalue weighted by atomic mass is 10.0. The van der Waals surface area contributed by atoms with E-state index in [1.807, 2.05) is 13.8 Å². The molecule has 2 rings (SSSR count). The Balaban J connectivity index is 2.72. The van der Waals surface area contributed by atoms with E-state index in [0.717, 1.165) is 15.6 Å². The molecule has 0 saturated carbocycles. The number of hydrogen-bond acceptors (Lipinski definition) is 6. The molecule has 0 radical (unpaired) electrons. The molecule has 0 bridgehead atoms. The fourth-order valence-corrected chi connectivity index (χ4v) is 2.30. The SMILES string of the molecule is COc1c(C)c(Br)c(C)c(-c2noc(CN)n2)c1O. The van der Waals surface area contributed by atoms with Crippen LogP contribution in [-0.2, 0) is 6.54 Å². The molecular formula is C12H14BrN3O3. The third-order valence-electron chi connectivity index (χ3n) is 2.90. The Labute approximate surface area is 118 Å². The largest absolute Gasteiger partial charge is 0.504 e. The van der Waals surface area contributed by atoms with E-state index in [2.05, 4.69) is 26.1 Å². The summed E-state index contributed by atoms with van der Waals surface area (Å²) in [5.41, 5.74) is 7.52. The molecule has 0 fully saturated rings. The maximum atomic E-state index is 10.3. The van der Waals surface area contributed by atoms with Crippen molar-refractivity contribution >= 4 is 15.9 Å². The highest BCUT2D eigenvalue weighted by molar-refractivity contribution is 9.10. The first-order chi connectivity index (χ1) is 9.01. The van der Waals surface area contributed by atoms with Crippen molar-refractivity contribution in [2.45, 2.75) is 20.4 Å². The molecule has 3 N–H and O–H groups in total. The van der Waals surface area contributed by atoms with Crippen LogP contribution in [0.2, 0.25) is 0 Å². The molecule has 7 heteroatoms. The van der Waals surface area contributed by atoms with Gasteiger partial charge in [-0.1, -0.05) is 21.1 Å². The van der Waals surface area contributed by atoms with Gasteiger partial charge in [-0.15, -0.1) is 0 Å². The number of aromatic hydroxyl groups is 1. The van der Waals surface area contributed by atoms with Gasteiger partial charge in [0.2, 0.25) is 11.7 Å². The average molecular weight is 328 g/mol. The number of hydrogen-bond donors (Lipinski definition) is 2. The zero-order chi connectivity index (χ0) is 14.2. The molecule has 0 unspecified atom stereocenters. The van der Waals surface area contributed by atoms with Crippen molar-refractivity contribution in [3.8, 4) is 22.9 Å². The minimum atomic E-state index is -0.00919. The summed E-state index contributed by atoms with van der Waals surface area (Å²) in [5.74, 6) is 0.968. The number of benzene rings is 1. The van der Waals surface area contributed by atoms with E-state index >= 15 is 0 Å². The summed E-state index contributed by atoms with van der Waals surface area (Å²) in [6, 6.07) is 0. The summed E-state index contributed by atoms with van der Waals surface area (Å²) >= 11 is 3.47. The quantitative estimate of drug-likeness (QED) is 0.898. The van der Waals surface area contributed by atoms with Crippen LogP contribution in [0.5, 0.6) is 11.5 Å². The molecule has 0 amide bonds. The van der Waals surface area contributed by atoms with Gasteiger partial charge in [-0.3, -0.25) is 0 Å². The van der Waals surface area contributed by atoms with Gasteiger partial charge in [-0.2, -0.15) is 4.98 Å². The summed E-state index contributed by atoms with van der Waals surface area (Å²) < 4.78 is 11.0. The Morgan fingerprint density at radius 3 is 2.58 bits per heavy atom. The third-order valence-corrected chi connectivity index (χ3v) is 4.09. The van der Waals surface area contributed by atoms with E-state index in [-0.39, 0.29) is 18.1 Å². The number of phenols is 1. The minimum Gasteiger partial charge on any atom is -0.504 e. The Kier molecular flexibility index (Phi) is 3.77. The number of halogens is 1. The highest BCUT2D eigenvalue weighted by Gasteiger charge is 2.23. The number of rotatable bonds is 3. The molecule has 102 valence electrons. The van der Waals surface area contributed by atoms with Crippen molar-refractivity contribution in [2.75, 3.05) is 7.11 Å². The smallest absolute Gasteiger partial charge is 0.240 e. The van der Waals surface area contributed by atoms with Crippen molar-refractivity contribution in [2.24, 2.45) is 5.73 Å². The zero-order valence-electron chi connectivity index (χ0n) is 10.8. The molecule has 1 aromatic carbocycles. The summed E-state index contributed by atoms with van der Waals surface area (Å²) in [5, 5.41) is 14.1. The minimum absolute atomic E-state index is 0.00919. The summed E-state index contributed by atoms with van der Waals surface area (Å²) in [4.78, 5) is 4.13. The second-order valence-electron chi connectivity index (χ2n) is 4.04. The highest BCUT2D eigenvalue weighted by Crippen LogP contribution is 2.45. The van der Waals surface area contributed by atoms with Crippen LogP contribution in [-0.4, -0.2) is 22.4 Å². The van der Waals surface area contributed by atoms with Crippen molar-refractivity contribution in [1.82, 2.24) is 10.1 Å². The normalized spacial score (nSPS) is 10.8. The molecule has 0 aliphatic heterocycles. The van der Waals surface area contributed by atoms with Gasteiger partial charge in [0.15, 0.2) is 11.5 Å². The molecule has 0 aliphatic carbocycles. The summed E-state index contributed by atoms with van der Waals surface area (Å²) in [6.45, 7) is 3.85. The topological polar surface area (TPSA) is 94.4 Å². The molecule has 0 saturated heterocycles. The van der Waals surface area contributed by atoms with Crippen LogP contribution in [0.1, 0.15) is 17.0 Å². The number of ether oxygens (including phenoxy) is 1. The molecule has 1 aromatic heterocycles. The fraction of sp³-hybridized carbons (Fsp3) is 0.333. The van der Waals surface area contributed by atoms with E-state index < -0.39 is 0 Å². The van der Waals surface area contributed by atoms with Crippen LogP contribution >= 0.6 is 15.9 Å². The van der Waals surface area contributed by atoms with Gasteiger partial charge in [0.1, 0.15) is 0 Å². The van der Waals surface area contributed by atoms with Gasteiger partial charge in [-0.05, 0) is 19.4 Å². The predicted molar refractivity (Wildman–Crippen MR) is 73.0 cm³/mol. The van der Waals surface area contributed by atoms with Crippen molar-refractivity contribution in [1.29, 1.82) is 0 Å². The van der Waals surface area contributed by atoms with Gasteiger partial charge in [-0.25, -0.2) is 0 Å². The monoisotopic (exact) mass is 327 g/mol. The lowest BCUT2D eigenvalue weighted by Crippen LogP contribution is -1.98. The first-order valence-corrected chi connectivity index (χ1v) is 6.39. The van der Waals surface area contributed by atoms with E-state index in [1.165, 1.54) is 7.11 Å².